The number of aromatic amines is 1. The molecule has 3 aromatic rings. The number of aromatic nitrogens is 1. The molecule has 0 atom stereocenters. The summed E-state index contributed by atoms with van der Waals surface area (Å²) in [5.41, 5.74) is 2.11. The molecule has 0 unspecified atom stereocenters. The molecule has 0 saturated heterocycles. The van der Waals surface area contributed by atoms with Crippen molar-refractivity contribution in [3.8, 4) is 11.1 Å². The van der Waals surface area contributed by atoms with Gasteiger partial charge >= 0.3 is 5.97 Å². The van der Waals surface area contributed by atoms with Crippen LogP contribution in [0.25, 0.3) is 22.0 Å². The monoisotopic (exact) mass is 344 g/mol. The SMILES string of the molecule is CCOC(=O)c1[nH]c2ccc([N+](=O)[O-])cc2c1-c1ccc(Cl)cc1. The smallest absolute Gasteiger partial charge is 0.355 e. The third-order valence-corrected chi connectivity index (χ3v) is 3.86. The number of nitrogens with one attached hydrogen (secondary N) is 1. The average Bonchev–Trinajstić information content (AvgIpc) is 2.94. The van der Waals surface area contributed by atoms with Gasteiger partial charge in [0.05, 0.1) is 11.5 Å². The molecule has 1 aromatic heterocycles. The molecule has 6 nitrogen and oxygen atoms in total. The fraction of sp³-hybridized carbons (Fsp3) is 0.118. The third kappa shape index (κ3) is 2.83. The Kier molecular flexibility index (Phi) is 4.22. The van der Waals surface area contributed by atoms with Crippen molar-refractivity contribution in [2.45, 2.75) is 6.92 Å². The molecule has 122 valence electrons. The minimum Gasteiger partial charge on any atom is -0.461 e. The second-order valence-corrected chi connectivity index (χ2v) is 5.53. The number of H-pyrrole nitrogens is 1. The molecular weight excluding hydrogens is 332 g/mol. The number of hydrogen-bond acceptors (Lipinski definition) is 4. The summed E-state index contributed by atoms with van der Waals surface area (Å²) in [6.07, 6.45) is 0. The van der Waals surface area contributed by atoms with Crippen LogP contribution in [0, 0.1) is 10.1 Å². The van der Waals surface area contributed by atoms with Crippen LogP contribution in [-0.4, -0.2) is 22.5 Å². The lowest BCUT2D eigenvalue weighted by Gasteiger charge is -2.05. The maximum Gasteiger partial charge on any atom is 0.355 e. The zero-order valence-corrected chi connectivity index (χ0v) is 13.5. The number of carbonyl (C=O) groups excluding carboxylic acids is 1. The quantitative estimate of drug-likeness (QED) is 0.426. The van der Waals surface area contributed by atoms with Crippen LogP contribution in [-0.2, 0) is 4.74 Å². The van der Waals surface area contributed by atoms with Gasteiger partial charge in [0.25, 0.3) is 5.69 Å². The molecule has 1 N–H and O–H groups in total. The van der Waals surface area contributed by atoms with Crippen LogP contribution < -0.4 is 0 Å². The van der Waals surface area contributed by atoms with E-state index in [0.29, 0.717) is 27.1 Å². The van der Waals surface area contributed by atoms with Crippen molar-refractivity contribution in [1.82, 2.24) is 4.98 Å². The van der Waals surface area contributed by atoms with Crippen molar-refractivity contribution in [2.24, 2.45) is 0 Å². The van der Waals surface area contributed by atoms with E-state index in [1.807, 2.05) is 0 Å². The number of nitro groups is 1. The Balaban J connectivity index is 2.29. The van der Waals surface area contributed by atoms with Gasteiger partial charge in [-0.3, -0.25) is 10.1 Å². The fourth-order valence-corrected chi connectivity index (χ4v) is 2.69. The van der Waals surface area contributed by atoms with E-state index < -0.39 is 10.9 Å². The summed E-state index contributed by atoms with van der Waals surface area (Å²) in [4.78, 5) is 25.9. The Hall–Kier alpha value is -2.86. The summed E-state index contributed by atoms with van der Waals surface area (Å²) in [6.45, 7) is 1.95. The Morgan fingerprint density at radius 3 is 2.58 bits per heavy atom. The zero-order valence-electron chi connectivity index (χ0n) is 12.7. The first-order chi connectivity index (χ1) is 11.5. The van der Waals surface area contributed by atoms with E-state index in [1.165, 1.54) is 12.1 Å². The molecule has 2 aromatic carbocycles. The highest BCUT2D eigenvalue weighted by atomic mass is 35.5. The van der Waals surface area contributed by atoms with Crippen LogP contribution in [0.4, 0.5) is 5.69 Å². The molecule has 0 spiro atoms. The number of hydrogen-bond donors (Lipinski definition) is 1. The molecular formula is C17H13ClN2O4. The number of carbonyl (C=O) groups is 1. The van der Waals surface area contributed by atoms with Gasteiger partial charge in [-0.1, -0.05) is 23.7 Å². The second-order valence-electron chi connectivity index (χ2n) is 5.09. The predicted molar refractivity (Wildman–Crippen MR) is 91.4 cm³/mol. The van der Waals surface area contributed by atoms with Gasteiger partial charge in [0.15, 0.2) is 0 Å². The summed E-state index contributed by atoms with van der Waals surface area (Å²) >= 11 is 5.92. The first kappa shape index (κ1) is 16.0. The van der Waals surface area contributed by atoms with Gasteiger partial charge in [0.1, 0.15) is 5.69 Å². The molecule has 7 heteroatoms. The number of ether oxygens (including phenoxy) is 1. The number of non-ortho nitro benzene ring substituents is 1. The van der Waals surface area contributed by atoms with Gasteiger partial charge in [0.2, 0.25) is 0 Å². The average molecular weight is 345 g/mol. The van der Waals surface area contributed by atoms with Gasteiger partial charge in [-0.25, -0.2) is 4.79 Å². The number of halogens is 1. The lowest BCUT2D eigenvalue weighted by molar-refractivity contribution is -0.384. The molecule has 24 heavy (non-hydrogen) atoms. The van der Waals surface area contributed by atoms with E-state index in [4.69, 9.17) is 16.3 Å². The highest BCUT2D eigenvalue weighted by molar-refractivity contribution is 6.30. The highest BCUT2D eigenvalue weighted by Crippen LogP contribution is 2.35. The van der Waals surface area contributed by atoms with E-state index in [1.54, 1.807) is 37.3 Å². The largest absolute Gasteiger partial charge is 0.461 e. The molecule has 1 heterocycles. The summed E-state index contributed by atoms with van der Waals surface area (Å²) in [5, 5.41) is 12.2. The molecule has 0 radical (unpaired) electrons. The normalized spacial score (nSPS) is 10.8. The van der Waals surface area contributed by atoms with Crippen LogP contribution in [0.3, 0.4) is 0 Å². The molecule has 0 aliphatic heterocycles. The number of rotatable bonds is 4. The first-order valence-corrected chi connectivity index (χ1v) is 7.62. The Labute approximate surface area is 142 Å². The predicted octanol–water partition coefficient (Wildman–Crippen LogP) is 4.57. The maximum atomic E-state index is 12.3. The van der Waals surface area contributed by atoms with E-state index in [9.17, 15) is 14.9 Å². The fourth-order valence-electron chi connectivity index (χ4n) is 2.57. The topological polar surface area (TPSA) is 85.2 Å². The van der Waals surface area contributed by atoms with Crippen LogP contribution in [0.5, 0.6) is 0 Å². The zero-order chi connectivity index (χ0) is 17.3. The van der Waals surface area contributed by atoms with E-state index in [2.05, 4.69) is 4.98 Å². The third-order valence-electron chi connectivity index (χ3n) is 3.61. The van der Waals surface area contributed by atoms with Gasteiger partial charge in [-0.05, 0) is 30.7 Å². The molecule has 0 saturated carbocycles. The second kappa shape index (κ2) is 6.33. The van der Waals surface area contributed by atoms with Gasteiger partial charge in [0, 0.05) is 33.6 Å². The van der Waals surface area contributed by atoms with Crippen molar-refractivity contribution in [2.75, 3.05) is 6.61 Å². The Morgan fingerprint density at radius 2 is 1.96 bits per heavy atom. The first-order valence-electron chi connectivity index (χ1n) is 7.24. The number of fused-ring (bicyclic) bond motifs is 1. The summed E-state index contributed by atoms with van der Waals surface area (Å²) in [6, 6.07) is 11.3. The van der Waals surface area contributed by atoms with Crippen LogP contribution in [0.2, 0.25) is 5.02 Å². The highest BCUT2D eigenvalue weighted by Gasteiger charge is 2.22. The van der Waals surface area contributed by atoms with E-state index in [-0.39, 0.29) is 18.0 Å². The van der Waals surface area contributed by atoms with Crippen LogP contribution >= 0.6 is 11.6 Å². The standard InChI is InChI=1S/C17H13ClN2O4/c1-2-24-17(21)16-15(10-3-5-11(18)6-4-10)13-9-12(20(22)23)7-8-14(13)19-16/h3-9,19H,2H2,1H3. The summed E-state index contributed by atoms with van der Waals surface area (Å²) in [5.74, 6) is -0.513. The Morgan fingerprint density at radius 1 is 1.25 bits per heavy atom. The van der Waals surface area contributed by atoms with E-state index >= 15 is 0 Å². The minimum atomic E-state index is -0.513. The number of benzene rings is 2. The lowest BCUT2D eigenvalue weighted by atomic mass is 10.0. The van der Waals surface area contributed by atoms with Gasteiger partial charge in [-0.2, -0.15) is 0 Å². The molecule has 0 aliphatic rings. The minimum absolute atomic E-state index is 0.0490. The number of esters is 1. The number of nitrogens with zero attached hydrogens (tertiary/aromatic N) is 1. The van der Waals surface area contributed by atoms with Crippen molar-refractivity contribution in [3.05, 3.63) is 63.3 Å². The molecule has 0 fully saturated rings. The Bertz CT molecular complexity index is 932. The van der Waals surface area contributed by atoms with Crippen LogP contribution in [0.1, 0.15) is 17.4 Å². The van der Waals surface area contributed by atoms with Crippen molar-refractivity contribution < 1.29 is 14.5 Å². The summed E-state index contributed by atoms with van der Waals surface area (Å²) < 4.78 is 5.09. The van der Waals surface area contributed by atoms with Crippen molar-refractivity contribution in [3.63, 3.8) is 0 Å². The summed E-state index contributed by atoms with van der Waals surface area (Å²) in [7, 11) is 0. The van der Waals surface area contributed by atoms with Gasteiger partial charge < -0.3 is 9.72 Å². The molecule has 0 amide bonds. The van der Waals surface area contributed by atoms with Crippen LogP contribution in [0.15, 0.2) is 42.5 Å². The van der Waals surface area contributed by atoms with E-state index in [0.717, 1.165) is 0 Å². The molecule has 0 bridgehead atoms. The van der Waals surface area contributed by atoms with Crippen molar-refractivity contribution >= 4 is 34.2 Å². The van der Waals surface area contributed by atoms with Gasteiger partial charge in [-0.15, -0.1) is 0 Å². The van der Waals surface area contributed by atoms with Crippen molar-refractivity contribution in [1.29, 1.82) is 0 Å². The maximum absolute atomic E-state index is 12.3. The molecule has 0 aliphatic carbocycles. The lowest BCUT2D eigenvalue weighted by Crippen LogP contribution is -2.06. The molecule has 3 rings (SSSR count). The number of nitro benzene ring substituents is 1.